The number of rotatable bonds is 3. The van der Waals surface area contributed by atoms with Crippen LogP contribution in [0.5, 0.6) is 0 Å². The zero-order valence-electron chi connectivity index (χ0n) is 10.5. The number of hydrogen-bond donors (Lipinski definition) is 2. The molecule has 0 amide bonds. The van der Waals surface area contributed by atoms with Crippen LogP contribution in [-0.4, -0.2) is 23.2 Å². The number of halogens is 1. The highest BCUT2D eigenvalue weighted by Gasteiger charge is 2.26. The second-order valence-electron chi connectivity index (χ2n) is 4.84. The Morgan fingerprint density at radius 3 is 2.84 bits per heavy atom. The van der Waals surface area contributed by atoms with Gasteiger partial charge < -0.3 is 15.5 Å². The SMILES string of the molecule is NC(c1ncc(-c2ccc(F)cc2)[nH]1)C1CCOC1. The van der Waals surface area contributed by atoms with Crippen molar-refractivity contribution >= 4 is 0 Å². The Morgan fingerprint density at radius 2 is 2.16 bits per heavy atom. The minimum Gasteiger partial charge on any atom is -0.381 e. The monoisotopic (exact) mass is 261 g/mol. The standard InChI is InChI=1S/C14H16FN3O/c15-11-3-1-9(2-4-11)12-7-17-14(18-12)13(16)10-5-6-19-8-10/h1-4,7,10,13H,5-6,8,16H2,(H,17,18). The molecule has 1 aromatic heterocycles. The molecular weight excluding hydrogens is 245 g/mol. The third-order valence-electron chi connectivity index (χ3n) is 3.54. The van der Waals surface area contributed by atoms with Crippen molar-refractivity contribution in [3.8, 4) is 11.3 Å². The van der Waals surface area contributed by atoms with E-state index >= 15 is 0 Å². The van der Waals surface area contributed by atoms with Gasteiger partial charge in [0.05, 0.1) is 24.5 Å². The first-order chi connectivity index (χ1) is 9.24. The van der Waals surface area contributed by atoms with Crippen LogP contribution in [0.15, 0.2) is 30.5 Å². The van der Waals surface area contributed by atoms with E-state index in [0.29, 0.717) is 12.5 Å². The Balaban J connectivity index is 1.80. The molecule has 2 atom stereocenters. The van der Waals surface area contributed by atoms with Gasteiger partial charge in [0.15, 0.2) is 0 Å². The van der Waals surface area contributed by atoms with E-state index < -0.39 is 0 Å². The van der Waals surface area contributed by atoms with Gasteiger partial charge in [-0.05, 0) is 36.2 Å². The molecule has 1 saturated heterocycles. The average molecular weight is 261 g/mol. The van der Waals surface area contributed by atoms with Crippen LogP contribution < -0.4 is 5.73 Å². The van der Waals surface area contributed by atoms with Crippen LogP contribution in [0, 0.1) is 11.7 Å². The van der Waals surface area contributed by atoms with E-state index in [1.54, 1.807) is 18.3 Å². The van der Waals surface area contributed by atoms with Crippen LogP contribution in [0.2, 0.25) is 0 Å². The fourth-order valence-corrected chi connectivity index (χ4v) is 2.34. The van der Waals surface area contributed by atoms with E-state index in [1.165, 1.54) is 12.1 Å². The molecule has 2 heterocycles. The Kier molecular flexibility index (Phi) is 3.31. The molecule has 1 aliphatic heterocycles. The summed E-state index contributed by atoms with van der Waals surface area (Å²) in [4.78, 5) is 7.54. The summed E-state index contributed by atoms with van der Waals surface area (Å²) in [5.74, 6) is 0.824. The third kappa shape index (κ3) is 2.52. The number of nitrogens with zero attached hydrogens (tertiary/aromatic N) is 1. The second kappa shape index (κ2) is 5.11. The van der Waals surface area contributed by atoms with Gasteiger partial charge in [0.1, 0.15) is 11.6 Å². The van der Waals surface area contributed by atoms with Crippen molar-refractivity contribution in [2.24, 2.45) is 11.7 Å². The molecular formula is C14H16FN3O. The predicted octanol–water partition coefficient (Wildman–Crippen LogP) is 2.25. The highest BCUT2D eigenvalue weighted by molar-refractivity contribution is 5.58. The Hall–Kier alpha value is -1.72. The summed E-state index contributed by atoms with van der Waals surface area (Å²) in [7, 11) is 0. The van der Waals surface area contributed by atoms with Crippen LogP contribution >= 0.6 is 0 Å². The number of aromatic amines is 1. The van der Waals surface area contributed by atoms with Gasteiger partial charge in [-0.2, -0.15) is 0 Å². The van der Waals surface area contributed by atoms with Crippen molar-refractivity contribution < 1.29 is 9.13 Å². The number of benzene rings is 1. The molecule has 3 rings (SSSR count). The third-order valence-corrected chi connectivity index (χ3v) is 3.54. The van der Waals surface area contributed by atoms with Crippen molar-refractivity contribution in [1.29, 1.82) is 0 Å². The Labute approximate surface area is 110 Å². The zero-order chi connectivity index (χ0) is 13.2. The number of ether oxygens (including phenoxy) is 1. The van der Waals surface area contributed by atoms with E-state index in [4.69, 9.17) is 10.5 Å². The first-order valence-electron chi connectivity index (χ1n) is 6.38. The van der Waals surface area contributed by atoms with Crippen LogP contribution in [0.25, 0.3) is 11.3 Å². The number of aromatic nitrogens is 2. The predicted molar refractivity (Wildman–Crippen MR) is 69.8 cm³/mol. The maximum absolute atomic E-state index is 12.9. The first kappa shape index (κ1) is 12.3. The fourth-order valence-electron chi connectivity index (χ4n) is 2.34. The van der Waals surface area contributed by atoms with E-state index in [9.17, 15) is 4.39 Å². The molecule has 0 saturated carbocycles. The summed E-state index contributed by atoms with van der Waals surface area (Å²) in [6.07, 6.45) is 2.70. The molecule has 0 aliphatic carbocycles. The van der Waals surface area contributed by atoms with Gasteiger partial charge >= 0.3 is 0 Å². The lowest BCUT2D eigenvalue weighted by Crippen LogP contribution is -2.22. The van der Waals surface area contributed by atoms with Crippen LogP contribution in [0.1, 0.15) is 18.3 Å². The van der Waals surface area contributed by atoms with Crippen LogP contribution in [-0.2, 0) is 4.74 Å². The number of hydrogen-bond acceptors (Lipinski definition) is 3. The Morgan fingerprint density at radius 1 is 1.37 bits per heavy atom. The molecule has 100 valence electrons. The molecule has 5 heteroatoms. The lowest BCUT2D eigenvalue weighted by molar-refractivity contribution is 0.180. The first-order valence-corrected chi connectivity index (χ1v) is 6.38. The molecule has 0 spiro atoms. The van der Waals surface area contributed by atoms with Gasteiger partial charge in [-0.3, -0.25) is 0 Å². The van der Waals surface area contributed by atoms with E-state index in [0.717, 1.165) is 30.1 Å². The average Bonchev–Trinajstić information content (AvgIpc) is 3.10. The van der Waals surface area contributed by atoms with E-state index in [-0.39, 0.29) is 11.9 Å². The maximum Gasteiger partial charge on any atom is 0.123 e. The summed E-state index contributed by atoms with van der Waals surface area (Å²) in [5, 5.41) is 0. The molecule has 4 nitrogen and oxygen atoms in total. The van der Waals surface area contributed by atoms with Gasteiger partial charge in [-0.1, -0.05) is 0 Å². The van der Waals surface area contributed by atoms with Crippen LogP contribution in [0.3, 0.4) is 0 Å². The lowest BCUT2D eigenvalue weighted by atomic mass is 9.99. The zero-order valence-corrected chi connectivity index (χ0v) is 10.5. The summed E-state index contributed by atoms with van der Waals surface area (Å²) in [6, 6.07) is 6.16. The largest absolute Gasteiger partial charge is 0.381 e. The number of nitrogens with two attached hydrogens (primary N) is 1. The van der Waals surface area contributed by atoms with Crippen molar-refractivity contribution in [2.45, 2.75) is 12.5 Å². The van der Waals surface area contributed by atoms with Crippen molar-refractivity contribution in [3.63, 3.8) is 0 Å². The summed E-state index contributed by atoms with van der Waals surface area (Å²) in [5.41, 5.74) is 7.93. The minimum atomic E-state index is -0.247. The second-order valence-corrected chi connectivity index (χ2v) is 4.84. The number of H-pyrrole nitrogens is 1. The molecule has 1 aliphatic rings. The van der Waals surface area contributed by atoms with Crippen molar-refractivity contribution in [1.82, 2.24) is 9.97 Å². The van der Waals surface area contributed by atoms with Crippen molar-refractivity contribution in [3.05, 3.63) is 42.1 Å². The Bertz CT molecular complexity index is 546. The smallest absolute Gasteiger partial charge is 0.123 e. The molecule has 0 radical (unpaired) electrons. The van der Waals surface area contributed by atoms with Gasteiger partial charge in [0.25, 0.3) is 0 Å². The molecule has 0 bridgehead atoms. The van der Waals surface area contributed by atoms with Gasteiger partial charge in [-0.15, -0.1) is 0 Å². The van der Waals surface area contributed by atoms with E-state index in [2.05, 4.69) is 9.97 Å². The molecule has 2 unspecified atom stereocenters. The van der Waals surface area contributed by atoms with Gasteiger partial charge in [0, 0.05) is 12.5 Å². The molecule has 3 N–H and O–H groups in total. The molecule has 1 aromatic carbocycles. The summed E-state index contributed by atoms with van der Waals surface area (Å²) in [6.45, 7) is 1.46. The topological polar surface area (TPSA) is 63.9 Å². The lowest BCUT2D eigenvalue weighted by Gasteiger charge is -2.14. The van der Waals surface area contributed by atoms with Crippen LogP contribution in [0.4, 0.5) is 4.39 Å². The quantitative estimate of drug-likeness (QED) is 0.890. The highest BCUT2D eigenvalue weighted by Crippen LogP contribution is 2.26. The van der Waals surface area contributed by atoms with Gasteiger partial charge in [0.2, 0.25) is 0 Å². The van der Waals surface area contributed by atoms with E-state index in [1.807, 2.05) is 0 Å². The molecule has 1 fully saturated rings. The van der Waals surface area contributed by atoms with Gasteiger partial charge in [-0.25, -0.2) is 9.37 Å². The highest BCUT2D eigenvalue weighted by atomic mass is 19.1. The van der Waals surface area contributed by atoms with Crippen molar-refractivity contribution in [2.75, 3.05) is 13.2 Å². The molecule has 2 aromatic rings. The summed E-state index contributed by atoms with van der Waals surface area (Å²) < 4.78 is 18.2. The fraction of sp³-hybridized carbons (Fsp3) is 0.357. The minimum absolute atomic E-state index is 0.142. The number of imidazole rings is 1. The maximum atomic E-state index is 12.9. The summed E-state index contributed by atoms with van der Waals surface area (Å²) >= 11 is 0. The number of nitrogens with one attached hydrogen (secondary N) is 1. The molecule has 19 heavy (non-hydrogen) atoms. The normalized spacial score (nSPS) is 20.6.